The van der Waals surface area contributed by atoms with Gasteiger partial charge in [-0.2, -0.15) is 0 Å². The van der Waals surface area contributed by atoms with Crippen LogP contribution in [-0.4, -0.2) is 27.5 Å². The van der Waals surface area contributed by atoms with Crippen molar-refractivity contribution in [2.75, 3.05) is 18.0 Å². The summed E-state index contributed by atoms with van der Waals surface area (Å²) in [5.74, 6) is 1.29. The van der Waals surface area contributed by atoms with Crippen LogP contribution in [-0.2, 0) is 5.54 Å². The summed E-state index contributed by atoms with van der Waals surface area (Å²) in [4.78, 5) is 19.6. The van der Waals surface area contributed by atoms with E-state index >= 15 is 0 Å². The van der Waals surface area contributed by atoms with E-state index in [1.807, 2.05) is 20.8 Å². The maximum atomic E-state index is 12.6. The first-order valence-corrected chi connectivity index (χ1v) is 8.19. The smallest absolute Gasteiger partial charge is 0.293 e. The maximum absolute atomic E-state index is 12.6. The Bertz CT molecular complexity index is 511. The second-order valence-electron chi connectivity index (χ2n) is 6.60. The Hall–Kier alpha value is -0.840. The van der Waals surface area contributed by atoms with Gasteiger partial charge in [0.25, 0.3) is 5.56 Å². The normalized spacial score (nSPS) is 19.1. The standard InChI is InChI=1S/C15H24BrN3O/c1-11(16)12-5-8-18(9-6-12)13-14(20)19(10-7-17-13)15(2,3)4/h7,10-12H,5-6,8-9H2,1-4H3. The zero-order valence-electron chi connectivity index (χ0n) is 12.8. The van der Waals surface area contributed by atoms with Crippen molar-refractivity contribution in [3.05, 3.63) is 22.7 Å². The molecule has 1 unspecified atom stereocenters. The summed E-state index contributed by atoms with van der Waals surface area (Å²) in [5.41, 5.74) is -0.192. The van der Waals surface area contributed by atoms with Gasteiger partial charge in [0.2, 0.25) is 0 Å². The summed E-state index contributed by atoms with van der Waals surface area (Å²) in [5, 5.41) is 0. The molecule has 0 radical (unpaired) electrons. The van der Waals surface area contributed by atoms with E-state index in [1.165, 1.54) is 0 Å². The van der Waals surface area contributed by atoms with E-state index in [2.05, 4.69) is 32.7 Å². The van der Waals surface area contributed by atoms with Gasteiger partial charge < -0.3 is 9.47 Å². The van der Waals surface area contributed by atoms with Crippen molar-refractivity contribution in [1.82, 2.24) is 9.55 Å². The molecule has 0 amide bonds. The Morgan fingerprint density at radius 2 is 1.95 bits per heavy atom. The van der Waals surface area contributed by atoms with Crippen LogP contribution in [0.25, 0.3) is 0 Å². The lowest BCUT2D eigenvalue weighted by Gasteiger charge is -2.34. The highest BCUT2D eigenvalue weighted by molar-refractivity contribution is 9.09. The summed E-state index contributed by atoms with van der Waals surface area (Å²) < 4.78 is 1.77. The van der Waals surface area contributed by atoms with Crippen molar-refractivity contribution in [2.45, 2.75) is 50.9 Å². The maximum Gasteiger partial charge on any atom is 0.293 e. The number of hydrogen-bond donors (Lipinski definition) is 0. The third-order valence-corrected chi connectivity index (χ3v) is 4.78. The summed E-state index contributed by atoms with van der Waals surface area (Å²) in [6.45, 7) is 10.1. The van der Waals surface area contributed by atoms with E-state index in [1.54, 1.807) is 17.0 Å². The highest BCUT2D eigenvalue weighted by Gasteiger charge is 2.26. The highest BCUT2D eigenvalue weighted by atomic mass is 79.9. The van der Waals surface area contributed by atoms with Crippen LogP contribution in [0.15, 0.2) is 17.2 Å². The molecular weight excluding hydrogens is 318 g/mol. The molecule has 0 aromatic carbocycles. The molecule has 2 rings (SSSR count). The van der Waals surface area contributed by atoms with Crippen molar-refractivity contribution in [3.8, 4) is 0 Å². The number of nitrogens with zero attached hydrogens (tertiary/aromatic N) is 3. The van der Waals surface area contributed by atoms with E-state index in [-0.39, 0.29) is 11.1 Å². The molecule has 2 heterocycles. The lowest BCUT2D eigenvalue weighted by molar-refractivity contribution is 0.377. The summed E-state index contributed by atoms with van der Waals surface area (Å²) in [7, 11) is 0. The zero-order valence-corrected chi connectivity index (χ0v) is 14.4. The van der Waals surface area contributed by atoms with Crippen LogP contribution in [0.3, 0.4) is 0 Å². The van der Waals surface area contributed by atoms with Crippen molar-refractivity contribution in [2.24, 2.45) is 5.92 Å². The SMILES string of the molecule is CC(Br)C1CCN(c2nccn(C(C)(C)C)c2=O)CC1. The molecule has 0 spiro atoms. The minimum absolute atomic E-state index is 0.0188. The molecule has 1 atom stereocenters. The predicted molar refractivity (Wildman–Crippen MR) is 86.8 cm³/mol. The molecule has 5 heteroatoms. The van der Waals surface area contributed by atoms with Crippen LogP contribution in [0.1, 0.15) is 40.5 Å². The van der Waals surface area contributed by atoms with E-state index < -0.39 is 0 Å². The average Bonchev–Trinajstić information content (AvgIpc) is 2.37. The molecule has 20 heavy (non-hydrogen) atoms. The first kappa shape index (κ1) is 15.5. The third-order valence-electron chi connectivity index (χ3n) is 4.03. The fraction of sp³-hybridized carbons (Fsp3) is 0.733. The van der Waals surface area contributed by atoms with Gasteiger partial charge in [-0.25, -0.2) is 4.98 Å². The Morgan fingerprint density at radius 3 is 2.45 bits per heavy atom. The number of hydrogen-bond acceptors (Lipinski definition) is 3. The van der Waals surface area contributed by atoms with Crippen LogP contribution in [0, 0.1) is 5.92 Å². The Labute approximate surface area is 129 Å². The monoisotopic (exact) mass is 341 g/mol. The van der Waals surface area contributed by atoms with Gasteiger partial charge in [-0.05, 0) is 39.5 Å². The largest absolute Gasteiger partial charge is 0.352 e. The second-order valence-corrected chi connectivity index (χ2v) is 8.04. The molecule has 4 nitrogen and oxygen atoms in total. The molecule has 1 aromatic rings. The van der Waals surface area contributed by atoms with Crippen molar-refractivity contribution in [3.63, 3.8) is 0 Å². The minimum atomic E-state index is -0.211. The lowest BCUT2D eigenvalue weighted by Crippen LogP contribution is -2.42. The van der Waals surface area contributed by atoms with E-state index in [4.69, 9.17) is 0 Å². The first-order valence-electron chi connectivity index (χ1n) is 7.28. The van der Waals surface area contributed by atoms with Crippen LogP contribution in [0.5, 0.6) is 0 Å². The molecule has 1 aromatic heterocycles. The summed E-state index contributed by atoms with van der Waals surface area (Å²) in [6, 6.07) is 0. The van der Waals surface area contributed by atoms with Gasteiger partial charge in [0, 0.05) is 35.8 Å². The van der Waals surface area contributed by atoms with Gasteiger partial charge in [-0.15, -0.1) is 0 Å². The van der Waals surface area contributed by atoms with Gasteiger partial charge >= 0.3 is 0 Å². The molecule has 0 aliphatic carbocycles. The van der Waals surface area contributed by atoms with Crippen LogP contribution < -0.4 is 10.5 Å². The summed E-state index contributed by atoms with van der Waals surface area (Å²) >= 11 is 3.66. The Balaban J connectivity index is 2.21. The zero-order chi connectivity index (χ0) is 14.9. The molecule has 1 fully saturated rings. The fourth-order valence-electron chi connectivity index (χ4n) is 2.72. The molecule has 112 valence electrons. The predicted octanol–water partition coefficient (Wildman–Crippen LogP) is 3.00. The van der Waals surface area contributed by atoms with Crippen molar-refractivity contribution < 1.29 is 0 Å². The fourth-order valence-corrected chi connectivity index (χ4v) is 3.25. The van der Waals surface area contributed by atoms with E-state index in [9.17, 15) is 4.79 Å². The van der Waals surface area contributed by atoms with Gasteiger partial charge in [-0.1, -0.05) is 22.9 Å². The molecule has 0 saturated carbocycles. The van der Waals surface area contributed by atoms with Crippen LogP contribution in [0.4, 0.5) is 5.82 Å². The van der Waals surface area contributed by atoms with Crippen molar-refractivity contribution in [1.29, 1.82) is 0 Å². The van der Waals surface area contributed by atoms with Crippen LogP contribution >= 0.6 is 15.9 Å². The first-order chi connectivity index (χ1) is 9.30. The molecule has 1 aliphatic heterocycles. The molecule has 1 saturated heterocycles. The summed E-state index contributed by atoms with van der Waals surface area (Å²) in [6.07, 6.45) is 5.73. The molecule has 0 N–H and O–H groups in total. The van der Waals surface area contributed by atoms with Gasteiger partial charge in [0.1, 0.15) is 0 Å². The topological polar surface area (TPSA) is 38.1 Å². The second kappa shape index (κ2) is 5.88. The molecular formula is C15H24BrN3O. The number of alkyl halides is 1. The minimum Gasteiger partial charge on any atom is -0.352 e. The van der Waals surface area contributed by atoms with E-state index in [0.717, 1.165) is 25.9 Å². The van der Waals surface area contributed by atoms with Gasteiger partial charge in [-0.3, -0.25) is 4.79 Å². The van der Waals surface area contributed by atoms with Gasteiger partial charge in [0.15, 0.2) is 5.82 Å². The molecule has 1 aliphatic rings. The number of piperidine rings is 1. The lowest BCUT2D eigenvalue weighted by atomic mass is 9.94. The Kier molecular flexibility index (Phi) is 4.57. The number of aromatic nitrogens is 2. The highest BCUT2D eigenvalue weighted by Crippen LogP contribution is 2.26. The number of anilines is 1. The average molecular weight is 342 g/mol. The quantitative estimate of drug-likeness (QED) is 0.776. The van der Waals surface area contributed by atoms with Crippen molar-refractivity contribution >= 4 is 21.7 Å². The third kappa shape index (κ3) is 3.25. The number of halogens is 1. The van der Waals surface area contributed by atoms with Gasteiger partial charge in [0.05, 0.1) is 0 Å². The molecule has 0 bridgehead atoms. The number of rotatable bonds is 2. The Morgan fingerprint density at radius 1 is 1.35 bits per heavy atom. The van der Waals surface area contributed by atoms with Crippen LogP contribution in [0.2, 0.25) is 0 Å². The van der Waals surface area contributed by atoms with E-state index in [0.29, 0.717) is 16.6 Å².